The van der Waals surface area contributed by atoms with Crippen molar-refractivity contribution in [2.45, 2.75) is 32.9 Å². The van der Waals surface area contributed by atoms with Gasteiger partial charge in [-0.2, -0.15) is 5.10 Å². The van der Waals surface area contributed by atoms with Crippen LogP contribution in [0.1, 0.15) is 26.5 Å². The van der Waals surface area contributed by atoms with Gasteiger partial charge in [0, 0.05) is 28.4 Å². The van der Waals surface area contributed by atoms with E-state index < -0.39 is 0 Å². The molecule has 5 heteroatoms. The molecule has 0 spiro atoms. The molecular weight excluding hydrogens is 281 g/mol. The van der Waals surface area contributed by atoms with Crippen LogP contribution in [0.2, 0.25) is 10.0 Å². The smallest absolute Gasteiger partial charge is 0.0939 e. The summed E-state index contributed by atoms with van der Waals surface area (Å²) in [5.41, 5.74) is 2.73. The molecule has 0 bridgehead atoms. The lowest BCUT2D eigenvalue weighted by Gasteiger charge is -2.19. The van der Waals surface area contributed by atoms with E-state index >= 15 is 0 Å². The molecule has 0 saturated carbocycles. The molecule has 1 aromatic heterocycles. The minimum absolute atomic E-state index is 0.0684. The zero-order valence-electron chi connectivity index (χ0n) is 11.2. The van der Waals surface area contributed by atoms with Gasteiger partial charge in [-0.1, -0.05) is 23.2 Å². The van der Waals surface area contributed by atoms with Gasteiger partial charge in [0.25, 0.3) is 0 Å². The van der Waals surface area contributed by atoms with E-state index in [1.54, 1.807) is 12.1 Å². The number of nitrogens with zero attached hydrogens (tertiary/aromatic N) is 1. The Balaban J connectivity index is 2.19. The Morgan fingerprint density at radius 2 is 1.95 bits per heavy atom. The third-order valence-corrected chi connectivity index (χ3v) is 3.21. The maximum absolute atomic E-state index is 6.16. The Hall–Kier alpha value is -1.03. The van der Waals surface area contributed by atoms with Crippen molar-refractivity contribution < 1.29 is 0 Å². The summed E-state index contributed by atoms with van der Waals surface area (Å²) in [6.07, 6.45) is 0. The SMILES string of the molecule is CC(C)(C)NCc1cc(-c2cc(Cl)ccc2Cl)n[nH]1. The highest BCUT2D eigenvalue weighted by Gasteiger charge is 2.12. The molecule has 0 saturated heterocycles. The van der Waals surface area contributed by atoms with Gasteiger partial charge < -0.3 is 5.32 Å². The Morgan fingerprint density at radius 1 is 1.21 bits per heavy atom. The van der Waals surface area contributed by atoms with Gasteiger partial charge in [0.1, 0.15) is 0 Å². The van der Waals surface area contributed by atoms with Crippen LogP contribution >= 0.6 is 23.2 Å². The van der Waals surface area contributed by atoms with Crippen molar-refractivity contribution in [1.82, 2.24) is 15.5 Å². The Bertz CT molecular complexity index is 570. The van der Waals surface area contributed by atoms with Gasteiger partial charge in [-0.25, -0.2) is 0 Å². The highest BCUT2D eigenvalue weighted by atomic mass is 35.5. The second-order valence-electron chi connectivity index (χ2n) is 5.51. The van der Waals surface area contributed by atoms with E-state index in [2.05, 4.69) is 36.3 Å². The van der Waals surface area contributed by atoms with Gasteiger partial charge in [0.05, 0.1) is 10.7 Å². The molecule has 3 nitrogen and oxygen atoms in total. The fourth-order valence-electron chi connectivity index (χ4n) is 1.64. The summed E-state index contributed by atoms with van der Waals surface area (Å²) in [5.74, 6) is 0. The van der Waals surface area contributed by atoms with E-state index in [0.717, 1.165) is 23.5 Å². The lowest BCUT2D eigenvalue weighted by molar-refractivity contribution is 0.421. The maximum Gasteiger partial charge on any atom is 0.0939 e. The maximum atomic E-state index is 6.16. The molecule has 1 aromatic carbocycles. The molecule has 19 heavy (non-hydrogen) atoms. The summed E-state index contributed by atoms with van der Waals surface area (Å²) in [4.78, 5) is 0. The molecule has 2 N–H and O–H groups in total. The predicted molar refractivity (Wildman–Crippen MR) is 80.6 cm³/mol. The van der Waals surface area contributed by atoms with Crippen LogP contribution in [0.3, 0.4) is 0 Å². The standard InChI is InChI=1S/C14H17Cl2N3/c1-14(2,3)17-8-10-7-13(19-18-10)11-6-9(15)4-5-12(11)16/h4-7,17H,8H2,1-3H3,(H,18,19). The first kappa shape index (κ1) is 14.4. The van der Waals surface area contributed by atoms with E-state index in [4.69, 9.17) is 23.2 Å². The first-order valence-corrected chi connectivity index (χ1v) is 6.85. The van der Waals surface area contributed by atoms with Gasteiger partial charge in [-0.15, -0.1) is 0 Å². The average Bonchev–Trinajstić information content (AvgIpc) is 2.77. The third kappa shape index (κ3) is 3.96. The van der Waals surface area contributed by atoms with Crippen LogP contribution < -0.4 is 5.32 Å². The fourth-order valence-corrected chi connectivity index (χ4v) is 2.03. The van der Waals surface area contributed by atoms with Crippen molar-refractivity contribution in [2.75, 3.05) is 0 Å². The van der Waals surface area contributed by atoms with Crippen LogP contribution in [0.25, 0.3) is 11.3 Å². The highest BCUT2D eigenvalue weighted by Crippen LogP contribution is 2.29. The van der Waals surface area contributed by atoms with E-state index in [0.29, 0.717) is 10.0 Å². The van der Waals surface area contributed by atoms with Gasteiger partial charge in [-0.05, 0) is 45.0 Å². The minimum Gasteiger partial charge on any atom is -0.306 e. The monoisotopic (exact) mass is 297 g/mol. The molecule has 2 aromatic rings. The zero-order valence-corrected chi connectivity index (χ0v) is 12.7. The largest absolute Gasteiger partial charge is 0.306 e. The van der Waals surface area contributed by atoms with Crippen molar-refractivity contribution in [3.8, 4) is 11.3 Å². The zero-order chi connectivity index (χ0) is 14.0. The molecule has 0 aliphatic rings. The molecule has 0 unspecified atom stereocenters. The summed E-state index contributed by atoms with van der Waals surface area (Å²) >= 11 is 12.1. The molecule has 2 rings (SSSR count). The van der Waals surface area contributed by atoms with E-state index in [1.807, 2.05) is 12.1 Å². The average molecular weight is 298 g/mol. The van der Waals surface area contributed by atoms with Gasteiger partial charge in [0.2, 0.25) is 0 Å². The van der Waals surface area contributed by atoms with Crippen molar-refractivity contribution in [3.63, 3.8) is 0 Å². The number of nitrogens with one attached hydrogen (secondary N) is 2. The Kier molecular flexibility index (Phi) is 4.19. The number of benzene rings is 1. The van der Waals surface area contributed by atoms with E-state index in [1.165, 1.54) is 0 Å². The van der Waals surface area contributed by atoms with Crippen molar-refractivity contribution in [3.05, 3.63) is 40.0 Å². The normalized spacial score (nSPS) is 11.8. The van der Waals surface area contributed by atoms with Crippen LogP contribution in [0.15, 0.2) is 24.3 Å². The van der Waals surface area contributed by atoms with Crippen molar-refractivity contribution >= 4 is 23.2 Å². The summed E-state index contributed by atoms with van der Waals surface area (Å²) in [7, 11) is 0. The van der Waals surface area contributed by atoms with Crippen LogP contribution in [0.5, 0.6) is 0 Å². The number of halogens is 2. The first-order chi connectivity index (χ1) is 8.85. The highest BCUT2D eigenvalue weighted by molar-refractivity contribution is 6.35. The number of hydrogen-bond acceptors (Lipinski definition) is 2. The quantitative estimate of drug-likeness (QED) is 0.888. The predicted octanol–water partition coefficient (Wildman–Crippen LogP) is 4.27. The van der Waals surface area contributed by atoms with Crippen LogP contribution in [-0.2, 0) is 6.54 Å². The Morgan fingerprint density at radius 3 is 2.63 bits per heavy atom. The van der Waals surface area contributed by atoms with Crippen LogP contribution in [0.4, 0.5) is 0 Å². The first-order valence-electron chi connectivity index (χ1n) is 6.10. The summed E-state index contributed by atoms with van der Waals surface area (Å²) in [6.45, 7) is 7.10. The third-order valence-electron chi connectivity index (χ3n) is 2.64. The van der Waals surface area contributed by atoms with E-state index in [9.17, 15) is 0 Å². The molecule has 0 radical (unpaired) electrons. The summed E-state index contributed by atoms with van der Waals surface area (Å²) in [5, 5.41) is 12.0. The summed E-state index contributed by atoms with van der Waals surface area (Å²) < 4.78 is 0. The number of aromatic nitrogens is 2. The van der Waals surface area contributed by atoms with Gasteiger partial charge in [0.15, 0.2) is 0 Å². The number of rotatable bonds is 3. The fraction of sp³-hybridized carbons (Fsp3) is 0.357. The lowest BCUT2D eigenvalue weighted by Crippen LogP contribution is -2.35. The number of aromatic amines is 1. The Labute approximate surface area is 123 Å². The topological polar surface area (TPSA) is 40.7 Å². The van der Waals surface area contributed by atoms with Crippen LogP contribution in [0, 0.1) is 0 Å². The number of hydrogen-bond donors (Lipinski definition) is 2. The molecule has 1 heterocycles. The lowest BCUT2D eigenvalue weighted by atomic mass is 10.1. The van der Waals surface area contributed by atoms with Crippen LogP contribution in [-0.4, -0.2) is 15.7 Å². The summed E-state index contributed by atoms with van der Waals surface area (Å²) in [6, 6.07) is 7.35. The molecule has 0 aliphatic carbocycles. The minimum atomic E-state index is 0.0684. The van der Waals surface area contributed by atoms with E-state index in [-0.39, 0.29) is 5.54 Å². The van der Waals surface area contributed by atoms with Crippen molar-refractivity contribution in [1.29, 1.82) is 0 Å². The van der Waals surface area contributed by atoms with Gasteiger partial charge >= 0.3 is 0 Å². The molecule has 0 atom stereocenters. The molecule has 0 amide bonds. The second-order valence-corrected chi connectivity index (χ2v) is 6.35. The molecule has 102 valence electrons. The van der Waals surface area contributed by atoms with Gasteiger partial charge in [-0.3, -0.25) is 5.10 Å². The molecule has 0 aliphatic heterocycles. The number of H-pyrrole nitrogens is 1. The van der Waals surface area contributed by atoms with Crippen molar-refractivity contribution in [2.24, 2.45) is 0 Å². The molecule has 0 fully saturated rings. The second kappa shape index (κ2) is 5.53. The molecular formula is C14H17Cl2N3.